The molecule has 0 fully saturated rings. The molecule has 6 heteroatoms. The Hall–Kier alpha value is -0.430. The minimum atomic E-state index is -3.56. The van der Waals surface area contributed by atoms with Gasteiger partial charge in [-0.3, -0.25) is 0 Å². The normalized spacial score (nSPS) is 17.5. The Morgan fingerprint density at radius 2 is 2.07 bits per heavy atom. The first kappa shape index (κ1) is 11.1. The topological polar surface area (TPSA) is 63.4 Å². The molecule has 2 N–H and O–H groups in total. The summed E-state index contributed by atoms with van der Waals surface area (Å²) in [6.45, 7) is 0.837. The van der Waals surface area contributed by atoms with Crippen molar-refractivity contribution in [2.75, 3.05) is 6.54 Å². The molecule has 0 unspecified atom stereocenters. The summed E-state index contributed by atoms with van der Waals surface area (Å²) in [4.78, 5) is 0. The highest BCUT2D eigenvalue weighted by Gasteiger charge is 2.23. The largest absolute Gasteiger partial charge is 0.277 e. The third kappa shape index (κ3) is 2.39. The van der Waals surface area contributed by atoms with Crippen LogP contribution in [0.15, 0.2) is 22.7 Å². The molecule has 1 heterocycles. The molecule has 1 aromatic carbocycles. The summed E-state index contributed by atoms with van der Waals surface area (Å²) in [5.74, 6) is 0. The lowest BCUT2D eigenvalue weighted by molar-refractivity contribution is 0.392. The molecule has 2 rings (SSSR count). The first-order valence-corrected chi connectivity index (χ1v) is 6.81. The van der Waals surface area contributed by atoms with Crippen molar-refractivity contribution in [2.24, 2.45) is 5.14 Å². The highest BCUT2D eigenvalue weighted by atomic mass is 79.9. The number of rotatable bonds is 1. The minimum absolute atomic E-state index is 0.376. The van der Waals surface area contributed by atoms with Crippen LogP contribution in [0.5, 0.6) is 0 Å². The molecular weight excluding hydrogens is 280 g/mol. The zero-order valence-electron chi connectivity index (χ0n) is 7.98. The monoisotopic (exact) mass is 290 g/mol. The van der Waals surface area contributed by atoms with E-state index in [-0.39, 0.29) is 0 Å². The van der Waals surface area contributed by atoms with Crippen LogP contribution in [-0.2, 0) is 23.2 Å². The maximum absolute atomic E-state index is 11.2. The highest BCUT2D eigenvalue weighted by Crippen LogP contribution is 2.23. The zero-order valence-corrected chi connectivity index (χ0v) is 10.4. The molecule has 82 valence electrons. The number of nitrogens with zero attached hydrogens (tertiary/aromatic N) is 1. The van der Waals surface area contributed by atoms with E-state index in [2.05, 4.69) is 15.9 Å². The van der Waals surface area contributed by atoms with E-state index in [0.717, 1.165) is 10.0 Å². The molecule has 0 spiro atoms. The van der Waals surface area contributed by atoms with Crippen LogP contribution in [0.3, 0.4) is 0 Å². The summed E-state index contributed by atoms with van der Waals surface area (Å²) in [7, 11) is -3.56. The van der Waals surface area contributed by atoms with Crippen molar-refractivity contribution in [3.05, 3.63) is 33.8 Å². The molecule has 0 atom stereocenters. The van der Waals surface area contributed by atoms with Crippen molar-refractivity contribution in [2.45, 2.75) is 13.0 Å². The Morgan fingerprint density at radius 1 is 1.33 bits per heavy atom. The fourth-order valence-electron chi connectivity index (χ4n) is 1.71. The van der Waals surface area contributed by atoms with E-state index in [1.54, 1.807) is 0 Å². The number of hydrogen-bond donors (Lipinski definition) is 1. The van der Waals surface area contributed by atoms with Crippen LogP contribution in [0.4, 0.5) is 0 Å². The molecule has 0 saturated heterocycles. The maximum Gasteiger partial charge on any atom is 0.277 e. The highest BCUT2D eigenvalue weighted by molar-refractivity contribution is 9.10. The SMILES string of the molecule is NS(=O)(=O)N1CCc2cc(Br)ccc2C1. The Kier molecular flexibility index (Phi) is 2.85. The van der Waals surface area contributed by atoms with Gasteiger partial charge >= 0.3 is 0 Å². The molecule has 15 heavy (non-hydrogen) atoms. The van der Waals surface area contributed by atoms with E-state index < -0.39 is 10.2 Å². The fourth-order valence-corrected chi connectivity index (χ4v) is 2.79. The second-order valence-corrected chi connectivity index (χ2v) is 6.00. The van der Waals surface area contributed by atoms with Gasteiger partial charge in [0, 0.05) is 17.6 Å². The summed E-state index contributed by atoms with van der Waals surface area (Å²) in [5, 5.41) is 5.09. The summed E-state index contributed by atoms with van der Waals surface area (Å²) < 4.78 is 24.6. The van der Waals surface area contributed by atoms with Crippen LogP contribution in [0.25, 0.3) is 0 Å². The predicted octanol–water partition coefficient (Wildman–Crippen LogP) is 1.01. The van der Waals surface area contributed by atoms with Crippen LogP contribution < -0.4 is 5.14 Å². The number of benzene rings is 1. The second kappa shape index (κ2) is 3.86. The number of halogens is 1. The van der Waals surface area contributed by atoms with E-state index in [0.29, 0.717) is 19.5 Å². The van der Waals surface area contributed by atoms with Crippen molar-refractivity contribution >= 4 is 26.1 Å². The zero-order chi connectivity index (χ0) is 11.1. The molecule has 0 radical (unpaired) electrons. The predicted molar refractivity (Wildman–Crippen MR) is 61.4 cm³/mol. The van der Waals surface area contributed by atoms with E-state index in [1.165, 1.54) is 9.87 Å². The van der Waals surface area contributed by atoms with Gasteiger partial charge in [-0.25, -0.2) is 5.14 Å². The van der Waals surface area contributed by atoms with Gasteiger partial charge in [-0.1, -0.05) is 22.0 Å². The average Bonchev–Trinajstić information content (AvgIpc) is 2.15. The van der Waals surface area contributed by atoms with Crippen LogP contribution in [0.1, 0.15) is 11.1 Å². The molecule has 0 amide bonds. The Labute approximate surface area is 97.4 Å². The summed E-state index contributed by atoms with van der Waals surface area (Å²) in [5.41, 5.74) is 2.21. The van der Waals surface area contributed by atoms with Gasteiger partial charge in [0.25, 0.3) is 10.2 Å². The van der Waals surface area contributed by atoms with Crippen molar-refractivity contribution in [1.82, 2.24) is 4.31 Å². The average molecular weight is 291 g/mol. The molecule has 1 aromatic rings. The molecule has 0 aliphatic carbocycles. The molecule has 1 aliphatic heterocycles. The van der Waals surface area contributed by atoms with Gasteiger partial charge < -0.3 is 0 Å². The quantitative estimate of drug-likeness (QED) is 0.839. The molecular formula is C9H11BrN2O2S. The van der Waals surface area contributed by atoms with E-state index in [9.17, 15) is 8.42 Å². The lowest BCUT2D eigenvalue weighted by atomic mass is 10.0. The van der Waals surface area contributed by atoms with Gasteiger partial charge in [0.1, 0.15) is 0 Å². The first-order valence-electron chi connectivity index (χ1n) is 4.52. The smallest absolute Gasteiger partial charge is 0.216 e. The second-order valence-electron chi connectivity index (χ2n) is 3.54. The van der Waals surface area contributed by atoms with Crippen LogP contribution in [0, 0.1) is 0 Å². The Morgan fingerprint density at radius 3 is 2.73 bits per heavy atom. The van der Waals surface area contributed by atoms with Gasteiger partial charge in [0.05, 0.1) is 0 Å². The van der Waals surface area contributed by atoms with Gasteiger partial charge in [-0.2, -0.15) is 12.7 Å². The summed E-state index contributed by atoms with van der Waals surface area (Å²) in [6.07, 6.45) is 0.713. The van der Waals surface area contributed by atoms with Gasteiger partial charge in [0.2, 0.25) is 0 Å². The van der Waals surface area contributed by atoms with Gasteiger partial charge in [-0.15, -0.1) is 0 Å². The Bertz CT molecular complexity index is 487. The number of hydrogen-bond acceptors (Lipinski definition) is 2. The molecule has 0 saturated carbocycles. The van der Waals surface area contributed by atoms with E-state index >= 15 is 0 Å². The molecule has 0 bridgehead atoms. The van der Waals surface area contributed by atoms with Crippen LogP contribution >= 0.6 is 15.9 Å². The number of nitrogens with two attached hydrogens (primary N) is 1. The number of fused-ring (bicyclic) bond motifs is 1. The fraction of sp³-hybridized carbons (Fsp3) is 0.333. The molecule has 1 aliphatic rings. The molecule has 0 aromatic heterocycles. The lowest BCUT2D eigenvalue weighted by Crippen LogP contribution is -2.40. The minimum Gasteiger partial charge on any atom is -0.216 e. The standard InChI is InChI=1S/C9H11BrN2O2S/c10-9-2-1-8-6-12(15(11,13)14)4-3-7(8)5-9/h1-2,5H,3-4,6H2,(H2,11,13,14). The third-order valence-electron chi connectivity index (χ3n) is 2.51. The van der Waals surface area contributed by atoms with Crippen LogP contribution in [-0.4, -0.2) is 19.3 Å². The van der Waals surface area contributed by atoms with Crippen molar-refractivity contribution in [3.8, 4) is 0 Å². The molecule has 4 nitrogen and oxygen atoms in total. The van der Waals surface area contributed by atoms with Gasteiger partial charge in [-0.05, 0) is 29.7 Å². The van der Waals surface area contributed by atoms with Crippen molar-refractivity contribution in [1.29, 1.82) is 0 Å². The van der Waals surface area contributed by atoms with E-state index in [1.807, 2.05) is 18.2 Å². The Balaban J connectivity index is 2.32. The van der Waals surface area contributed by atoms with Crippen LogP contribution in [0.2, 0.25) is 0 Å². The van der Waals surface area contributed by atoms with E-state index in [4.69, 9.17) is 5.14 Å². The van der Waals surface area contributed by atoms with Crippen molar-refractivity contribution < 1.29 is 8.42 Å². The lowest BCUT2D eigenvalue weighted by Gasteiger charge is -2.26. The first-order chi connectivity index (χ1) is 6.97. The summed E-state index contributed by atoms with van der Waals surface area (Å²) >= 11 is 3.39. The summed E-state index contributed by atoms with van der Waals surface area (Å²) in [6, 6.07) is 5.86. The third-order valence-corrected chi connectivity index (χ3v) is 4.03. The maximum atomic E-state index is 11.2. The van der Waals surface area contributed by atoms with Gasteiger partial charge in [0.15, 0.2) is 0 Å². The van der Waals surface area contributed by atoms with Crippen molar-refractivity contribution in [3.63, 3.8) is 0 Å².